The quantitative estimate of drug-likeness (QED) is 0.833. The first-order valence-electron chi connectivity index (χ1n) is 6.88. The number of carbonyl (C=O) groups excluding carboxylic acids is 1. The largest absolute Gasteiger partial charge is 0.379 e. The van der Waals surface area contributed by atoms with Crippen LogP contribution in [0.2, 0.25) is 0 Å². The number of methoxy groups -OCH3 is 1. The molecule has 4 nitrogen and oxygen atoms in total. The van der Waals surface area contributed by atoms with E-state index in [0.717, 1.165) is 19.4 Å². The highest BCUT2D eigenvalue weighted by Crippen LogP contribution is 2.21. The number of rotatable bonds is 4. The molecule has 0 saturated carbocycles. The molecule has 5 heteroatoms. The first kappa shape index (κ1) is 18.7. The first-order valence-corrected chi connectivity index (χ1v) is 6.88. The van der Waals surface area contributed by atoms with Crippen molar-refractivity contribution in [1.82, 2.24) is 10.6 Å². The number of nitrogens with one attached hydrogen (secondary N) is 2. The van der Waals surface area contributed by atoms with E-state index in [1.54, 1.807) is 7.11 Å². The summed E-state index contributed by atoms with van der Waals surface area (Å²) in [7, 11) is 1.70. The second kappa shape index (κ2) is 8.08. The van der Waals surface area contributed by atoms with Gasteiger partial charge in [-0.3, -0.25) is 4.79 Å². The van der Waals surface area contributed by atoms with Crippen molar-refractivity contribution in [2.24, 2.45) is 11.3 Å². The molecule has 1 heterocycles. The van der Waals surface area contributed by atoms with E-state index in [9.17, 15) is 4.79 Å². The number of carbonyl (C=O) groups is 1. The van der Waals surface area contributed by atoms with E-state index in [1.807, 2.05) is 0 Å². The molecule has 1 fully saturated rings. The van der Waals surface area contributed by atoms with Crippen molar-refractivity contribution < 1.29 is 9.53 Å². The fraction of sp³-hybridized carbons (Fsp3) is 0.929. The van der Waals surface area contributed by atoms with Gasteiger partial charge in [0.1, 0.15) is 0 Å². The Labute approximate surface area is 123 Å². The average molecular weight is 293 g/mol. The normalized spacial score (nSPS) is 25.3. The summed E-state index contributed by atoms with van der Waals surface area (Å²) in [5.41, 5.74) is 0.0451. The molecule has 1 saturated heterocycles. The van der Waals surface area contributed by atoms with E-state index in [-0.39, 0.29) is 35.8 Å². The molecule has 3 atom stereocenters. The van der Waals surface area contributed by atoms with Gasteiger partial charge in [-0.2, -0.15) is 0 Å². The van der Waals surface area contributed by atoms with Gasteiger partial charge in [0.25, 0.3) is 0 Å². The Kier molecular flexibility index (Phi) is 7.94. The Morgan fingerprint density at radius 2 is 2.11 bits per heavy atom. The molecule has 1 aliphatic rings. The second-order valence-corrected chi connectivity index (χ2v) is 6.41. The lowest BCUT2D eigenvalue weighted by Crippen LogP contribution is -2.46. The molecule has 1 amide bonds. The van der Waals surface area contributed by atoms with Crippen LogP contribution in [0.15, 0.2) is 0 Å². The second-order valence-electron chi connectivity index (χ2n) is 6.41. The third kappa shape index (κ3) is 6.11. The first-order chi connectivity index (χ1) is 8.34. The van der Waals surface area contributed by atoms with Gasteiger partial charge >= 0.3 is 0 Å². The molecule has 0 aromatic rings. The van der Waals surface area contributed by atoms with E-state index in [0.29, 0.717) is 12.6 Å². The molecule has 1 rings (SSSR count). The van der Waals surface area contributed by atoms with Crippen molar-refractivity contribution in [3.8, 4) is 0 Å². The van der Waals surface area contributed by atoms with Crippen LogP contribution in [0.5, 0.6) is 0 Å². The summed E-state index contributed by atoms with van der Waals surface area (Å²) >= 11 is 0. The lowest BCUT2D eigenvalue weighted by molar-refractivity contribution is -0.127. The molecule has 114 valence electrons. The molecular formula is C14H29ClN2O2. The van der Waals surface area contributed by atoms with E-state index in [1.165, 1.54) is 0 Å². The average Bonchev–Trinajstić information content (AvgIpc) is 2.27. The highest BCUT2D eigenvalue weighted by atomic mass is 35.5. The van der Waals surface area contributed by atoms with Crippen LogP contribution in [-0.2, 0) is 9.53 Å². The smallest absolute Gasteiger partial charge is 0.223 e. The van der Waals surface area contributed by atoms with Gasteiger partial charge in [0.2, 0.25) is 5.91 Å². The molecule has 0 aromatic carbocycles. The van der Waals surface area contributed by atoms with E-state index >= 15 is 0 Å². The van der Waals surface area contributed by atoms with Gasteiger partial charge in [-0.05, 0) is 31.7 Å². The van der Waals surface area contributed by atoms with Crippen LogP contribution in [-0.4, -0.2) is 38.3 Å². The Balaban J connectivity index is 0.00000324. The lowest BCUT2D eigenvalue weighted by atomic mass is 9.88. The van der Waals surface area contributed by atoms with Crippen LogP contribution in [0.4, 0.5) is 0 Å². The van der Waals surface area contributed by atoms with Crippen molar-refractivity contribution in [2.75, 3.05) is 20.2 Å². The van der Waals surface area contributed by atoms with E-state index in [4.69, 9.17) is 4.74 Å². The lowest BCUT2D eigenvalue weighted by Gasteiger charge is -2.31. The summed E-state index contributed by atoms with van der Waals surface area (Å²) in [6.07, 6.45) is 1.92. The number of piperidine rings is 1. The highest BCUT2D eigenvalue weighted by Gasteiger charge is 2.28. The zero-order valence-electron chi connectivity index (χ0n) is 12.8. The minimum absolute atomic E-state index is 0. The number of hydrogen-bond donors (Lipinski definition) is 2. The maximum absolute atomic E-state index is 12.1. The Morgan fingerprint density at radius 1 is 1.47 bits per heavy atom. The van der Waals surface area contributed by atoms with Gasteiger partial charge in [-0.1, -0.05) is 20.8 Å². The topological polar surface area (TPSA) is 50.4 Å². The number of ether oxygens (including phenoxy) is 1. The Hall–Kier alpha value is -0.320. The van der Waals surface area contributed by atoms with Crippen molar-refractivity contribution >= 4 is 18.3 Å². The van der Waals surface area contributed by atoms with Gasteiger partial charge in [0.05, 0.1) is 6.10 Å². The SMILES string of the molecule is COC(CNC(=O)[C@H]1CCN[C@@H](C)C1)C(C)(C)C.Cl. The Bertz CT molecular complexity index is 279. The van der Waals surface area contributed by atoms with Gasteiger partial charge in [0, 0.05) is 25.6 Å². The number of amides is 1. The summed E-state index contributed by atoms with van der Waals surface area (Å²) in [5, 5.41) is 6.40. The molecule has 0 bridgehead atoms. The van der Waals surface area contributed by atoms with Crippen molar-refractivity contribution in [3.63, 3.8) is 0 Å². The summed E-state index contributed by atoms with van der Waals surface area (Å²) in [6.45, 7) is 10.0. The minimum atomic E-state index is 0. The maximum atomic E-state index is 12.1. The molecule has 1 aliphatic heterocycles. The van der Waals surface area contributed by atoms with Gasteiger partial charge in [-0.25, -0.2) is 0 Å². The molecule has 2 N–H and O–H groups in total. The van der Waals surface area contributed by atoms with Crippen LogP contribution in [0, 0.1) is 11.3 Å². The van der Waals surface area contributed by atoms with Crippen molar-refractivity contribution in [2.45, 2.75) is 52.7 Å². The molecular weight excluding hydrogens is 264 g/mol. The van der Waals surface area contributed by atoms with Crippen LogP contribution in [0.3, 0.4) is 0 Å². The van der Waals surface area contributed by atoms with Gasteiger partial charge in [-0.15, -0.1) is 12.4 Å². The molecule has 0 aromatic heterocycles. The molecule has 19 heavy (non-hydrogen) atoms. The summed E-state index contributed by atoms with van der Waals surface area (Å²) in [6, 6.07) is 0.440. The summed E-state index contributed by atoms with van der Waals surface area (Å²) in [4.78, 5) is 12.1. The molecule has 0 radical (unpaired) electrons. The van der Waals surface area contributed by atoms with Crippen LogP contribution in [0.25, 0.3) is 0 Å². The van der Waals surface area contributed by atoms with Crippen molar-refractivity contribution in [3.05, 3.63) is 0 Å². The van der Waals surface area contributed by atoms with Gasteiger partial charge in [0.15, 0.2) is 0 Å². The standard InChI is InChI=1S/C14H28N2O2.ClH/c1-10-8-11(6-7-15-10)13(17)16-9-12(18-5)14(2,3)4;/h10-12,15H,6-9H2,1-5H3,(H,16,17);1H/t10-,11-,12?;/m0./s1. The van der Waals surface area contributed by atoms with Crippen LogP contribution in [0.1, 0.15) is 40.5 Å². The monoisotopic (exact) mass is 292 g/mol. The third-order valence-electron chi connectivity index (χ3n) is 3.71. The zero-order valence-corrected chi connectivity index (χ0v) is 13.6. The predicted molar refractivity (Wildman–Crippen MR) is 80.7 cm³/mol. The van der Waals surface area contributed by atoms with E-state index in [2.05, 4.69) is 38.3 Å². The number of hydrogen-bond acceptors (Lipinski definition) is 3. The van der Waals surface area contributed by atoms with Crippen molar-refractivity contribution in [1.29, 1.82) is 0 Å². The van der Waals surface area contributed by atoms with E-state index < -0.39 is 0 Å². The maximum Gasteiger partial charge on any atom is 0.223 e. The highest BCUT2D eigenvalue weighted by molar-refractivity contribution is 5.85. The van der Waals surface area contributed by atoms with Crippen LogP contribution < -0.4 is 10.6 Å². The molecule has 1 unspecified atom stereocenters. The Morgan fingerprint density at radius 3 is 2.58 bits per heavy atom. The number of halogens is 1. The van der Waals surface area contributed by atoms with Gasteiger partial charge < -0.3 is 15.4 Å². The van der Waals surface area contributed by atoms with Crippen LogP contribution >= 0.6 is 12.4 Å². The minimum Gasteiger partial charge on any atom is -0.379 e. The third-order valence-corrected chi connectivity index (χ3v) is 3.71. The predicted octanol–water partition coefficient (Wildman–Crippen LogP) is 1.97. The molecule has 0 aliphatic carbocycles. The fourth-order valence-corrected chi connectivity index (χ4v) is 2.45. The molecule has 0 spiro atoms. The summed E-state index contributed by atoms with van der Waals surface area (Å²) < 4.78 is 5.45. The summed E-state index contributed by atoms with van der Waals surface area (Å²) in [5.74, 6) is 0.327. The zero-order chi connectivity index (χ0) is 13.8. The fourth-order valence-electron chi connectivity index (χ4n) is 2.45.